The molecule has 6 nitrogen and oxygen atoms in total. The molecule has 0 radical (unpaired) electrons. The summed E-state index contributed by atoms with van der Waals surface area (Å²) in [4.78, 5) is 4.81. The van der Waals surface area contributed by atoms with Gasteiger partial charge < -0.3 is 9.30 Å². The number of ether oxygens (including phenoxy) is 1. The molecule has 166 valence electrons. The molecule has 2 aromatic heterocycles. The van der Waals surface area contributed by atoms with Gasteiger partial charge in [-0.1, -0.05) is 36.4 Å². The smallest absolute Gasteiger partial charge is 0.252 e. The van der Waals surface area contributed by atoms with Crippen LogP contribution in [0.5, 0.6) is 5.75 Å². The molecule has 1 aliphatic rings. The third kappa shape index (κ3) is 4.30. The summed E-state index contributed by atoms with van der Waals surface area (Å²) >= 11 is 1.28. The van der Waals surface area contributed by atoms with Crippen LogP contribution in [0.4, 0.5) is 0 Å². The van der Waals surface area contributed by atoms with Crippen molar-refractivity contribution in [2.75, 3.05) is 13.1 Å². The number of piperidine rings is 1. The summed E-state index contributed by atoms with van der Waals surface area (Å²) in [5, 5.41) is 1.81. The Kier molecular flexibility index (Phi) is 5.99. The number of benzene rings is 2. The lowest BCUT2D eigenvalue weighted by atomic mass is 9.98. The molecule has 0 saturated carbocycles. The summed E-state index contributed by atoms with van der Waals surface area (Å²) in [6.45, 7) is 2.30. The fourth-order valence-corrected chi connectivity index (χ4v) is 6.85. The van der Waals surface area contributed by atoms with E-state index in [1.807, 2.05) is 53.9 Å². The molecule has 8 heteroatoms. The molecule has 0 aliphatic carbocycles. The number of nitrogens with zero attached hydrogens (tertiary/aromatic N) is 3. The topological polar surface area (TPSA) is 64.4 Å². The Morgan fingerprint density at radius 2 is 1.72 bits per heavy atom. The number of hydrogen-bond acceptors (Lipinski definition) is 5. The number of sulfonamides is 1. The Bertz CT molecular complexity index is 1280. The van der Waals surface area contributed by atoms with Crippen molar-refractivity contribution < 1.29 is 13.2 Å². The van der Waals surface area contributed by atoms with Crippen molar-refractivity contribution in [2.24, 2.45) is 5.92 Å². The lowest BCUT2D eigenvalue weighted by Gasteiger charge is -2.31. The molecule has 0 spiro atoms. The molecule has 0 amide bonds. The highest BCUT2D eigenvalue weighted by atomic mass is 32.2. The molecule has 32 heavy (non-hydrogen) atoms. The zero-order chi connectivity index (χ0) is 22.0. The fourth-order valence-electron chi connectivity index (χ4n) is 4.23. The van der Waals surface area contributed by atoms with Gasteiger partial charge in [0.2, 0.25) is 0 Å². The predicted molar refractivity (Wildman–Crippen MR) is 126 cm³/mol. The van der Waals surface area contributed by atoms with Crippen molar-refractivity contribution in [3.63, 3.8) is 0 Å². The van der Waals surface area contributed by atoms with Crippen LogP contribution in [0.25, 0.3) is 11.0 Å². The molecular formula is C24H25N3O3S2. The zero-order valence-electron chi connectivity index (χ0n) is 17.6. The second kappa shape index (κ2) is 9.05. The van der Waals surface area contributed by atoms with Crippen LogP contribution in [-0.4, -0.2) is 35.4 Å². The monoisotopic (exact) mass is 467 g/mol. The number of rotatable bonds is 7. The van der Waals surface area contributed by atoms with E-state index in [0.717, 1.165) is 42.0 Å². The molecule has 0 unspecified atom stereocenters. The van der Waals surface area contributed by atoms with Gasteiger partial charge in [-0.3, -0.25) is 0 Å². The van der Waals surface area contributed by atoms with E-state index in [0.29, 0.717) is 29.8 Å². The summed E-state index contributed by atoms with van der Waals surface area (Å²) in [5.74, 6) is 2.10. The number of imidazole rings is 1. The molecule has 1 aliphatic heterocycles. The second-order valence-electron chi connectivity index (χ2n) is 8.01. The maximum Gasteiger partial charge on any atom is 0.252 e. The van der Waals surface area contributed by atoms with Gasteiger partial charge in [0.1, 0.15) is 22.4 Å². The first-order valence-corrected chi connectivity index (χ1v) is 13.1. The van der Waals surface area contributed by atoms with Crippen LogP contribution in [0.15, 0.2) is 76.3 Å². The van der Waals surface area contributed by atoms with Crippen molar-refractivity contribution in [1.82, 2.24) is 13.9 Å². The number of hydrogen-bond donors (Lipinski definition) is 0. The molecule has 0 bridgehead atoms. The molecule has 4 aromatic rings. The number of fused-ring (bicyclic) bond motifs is 1. The van der Waals surface area contributed by atoms with Gasteiger partial charge in [-0.2, -0.15) is 4.31 Å². The van der Waals surface area contributed by atoms with Gasteiger partial charge in [0.15, 0.2) is 0 Å². The Morgan fingerprint density at radius 1 is 0.969 bits per heavy atom. The third-order valence-electron chi connectivity index (χ3n) is 5.95. The van der Waals surface area contributed by atoms with Crippen LogP contribution in [0, 0.1) is 5.92 Å². The van der Waals surface area contributed by atoms with E-state index in [-0.39, 0.29) is 0 Å². The quantitative estimate of drug-likeness (QED) is 0.392. The molecule has 2 aromatic carbocycles. The van der Waals surface area contributed by atoms with Crippen LogP contribution in [0.1, 0.15) is 18.7 Å². The lowest BCUT2D eigenvalue weighted by Crippen LogP contribution is -2.39. The van der Waals surface area contributed by atoms with E-state index in [4.69, 9.17) is 9.72 Å². The van der Waals surface area contributed by atoms with Gasteiger partial charge in [-0.15, -0.1) is 11.3 Å². The SMILES string of the molecule is O=S(=O)(c1cccs1)N1CCC(Cn2c(COc3ccccc3)nc3ccccc32)CC1. The van der Waals surface area contributed by atoms with E-state index in [1.165, 1.54) is 11.3 Å². The standard InChI is InChI=1S/C24H25N3O3S2/c28-32(29,24-11-6-16-31-24)26-14-12-19(13-15-26)17-27-22-10-5-4-9-21(22)25-23(27)18-30-20-7-2-1-3-8-20/h1-11,16,19H,12-15,17-18H2. The van der Waals surface area contributed by atoms with Gasteiger partial charge in [0.05, 0.1) is 11.0 Å². The zero-order valence-corrected chi connectivity index (χ0v) is 19.3. The second-order valence-corrected chi connectivity index (χ2v) is 11.1. The molecule has 0 atom stereocenters. The van der Waals surface area contributed by atoms with Crippen molar-refractivity contribution >= 4 is 32.4 Å². The highest BCUT2D eigenvalue weighted by molar-refractivity contribution is 7.91. The van der Waals surface area contributed by atoms with Crippen molar-refractivity contribution in [3.8, 4) is 5.75 Å². The summed E-state index contributed by atoms with van der Waals surface area (Å²) in [6.07, 6.45) is 1.66. The summed E-state index contributed by atoms with van der Waals surface area (Å²) < 4.78 is 35.9. The fraction of sp³-hybridized carbons (Fsp3) is 0.292. The number of aromatic nitrogens is 2. The van der Waals surface area contributed by atoms with E-state index in [9.17, 15) is 8.42 Å². The van der Waals surface area contributed by atoms with Crippen LogP contribution in [0.3, 0.4) is 0 Å². The molecule has 1 fully saturated rings. The number of para-hydroxylation sites is 3. The molecule has 0 N–H and O–H groups in total. The maximum absolute atomic E-state index is 12.8. The first kappa shape index (κ1) is 21.2. The van der Waals surface area contributed by atoms with Gasteiger partial charge in [0, 0.05) is 19.6 Å². The van der Waals surface area contributed by atoms with Gasteiger partial charge in [0.25, 0.3) is 10.0 Å². The Hall–Kier alpha value is -2.68. The first-order chi connectivity index (χ1) is 15.6. The third-order valence-corrected chi connectivity index (χ3v) is 9.22. The molecule has 5 rings (SSSR count). The summed E-state index contributed by atoms with van der Waals surface area (Å²) in [7, 11) is -3.37. The van der Waals surface area contributed by atoms with Crippen LogP contribution in [-0.2, 0) is 23.2 Å². The predicted octanol–water partition coefficient (Wildman–Crippen LogP) is 4.78. The minimum atomic E-state index is -3.37. The highest BCUT2D eigenvalue weighted by Crippen LogP contribution is 2.28. The Balaban J connectivity index is 1.31. The Morgan fingerprint density at radius 3 is 2.47 bits per heavy atom. The maximum atomic E-state index is 12.8. The minimum absolute atomic E-state index is 0.387. The normalized spacial score (nSPS) is 15.9. The largest absolute Gasteiger partial charge is 0.486 e. The van der Waals surface area contributed by atoms with Gasteiger partial charge >= 0.3 is 0 Å². The lowest BCUT2D eigenvalue weighted by molar-refractivity contribution is 0.244. The van der Waals surface area contributed by atoms with Crippen LogP contribution in [0.2, 0.25) is 0 Å². The van der Waals surface area contributed by atoms with E-state index >= 15 is 0 Å². The average molecular weight is 468 g/mol. The molecular weight excluding hydrogens is 442 g/mol. The van der Waals surface area contributed by atoms with E-state index in [2.05, 4.69) is 10.6 Å². The van der Waals surface area contributed by atoms with Crippen molar-refractivity contribution in [1.29, 1.82) is 0 Å². The highest BCUT2D eigenvalue weighted by Gasteiger charge is 2.30. The van der Waals surface area contributed by atoms with E-state index in [1.54, 1.807) is 16.4 Å². The minimum Gasteiger partial charge on any atom is -0.486 e. The summed E-state index contributed by atoms with van der Waals surface area (Å²) in [5.41, 5.74) is 2.05. The molecule has 1 saturated heterocycles. The number of thiophene rings is 1. The summed E-state index contributed by atoms with van der Waals surface area (Å²) in [6, 6.07) is 21.4. The van der Waals surface area contributed by atoms with Gasteiger partial charge in [-0.05, 0) is 54.5 Å². The van der Waals surface area contributed by atoms with E-state index < -0.39 is 10.0 Å². The van der Waals surface area contributed by atoms with Crippen molar-refractivity contribution in [3.05, 3.63) is 77.9 Å². The van der Waals surface area contributed by atoms with Crippen LogP contribution >= 0.6 is 11.3 Å². The van der Waals surface area contributed by atoms with Crippen LogP contribution < -0.4 is 4.74 Å². The Labute approximate surface area is 192 Å². The molecule has 3 heterocycles. The first-order valence-electron chi connectivity index (χ1n) is 10.8. The van der Waals surface area contributed by atoms with Crippen molar-refractivity contribution in [2.45, 2.75) is 30.2 Å². The average Bonchev–Trinajstić information content (AvgIpc) is 3.48. The van der Waals surface area contributed by atoms with Gasteiger partial charge in [-0.25, -0.2) is 13.4 Å².